The Labute approximate surface area is 153 Å². The summed E-state index contributed by atoms with van der Waals surface area (Å²) in [7, 11) is 0. The molecule has 0 radical (unpaired) electrons. The number of para-hydroxylation sites is 1. The predicted octanol–water partition coefficient (Wildman–Crippen LogP) is 4.86. The van der Waals surface area contributed by atoms with Crippen molar-refractivity contribution < 1.29 is 9.53 Å². The molecule has 0 saturated heterocycles. The van der Waals surface area contributed by atoms with Crippen LogP contribution in [0.1, 0.15) is 11.1 Å². The predicted molar refractivity (Wildman–Crippen MR) is 104 cm³/mol. The molecule has 26 heavy (non-hydrogen) atoms. The number of amides is 1. The van der Waals surface area contributed by atoms with E-state index >= 15 is 0 Å². The summed E-state index contributed by atoms with van der Waals surface area (Å²) in [4.78, 5) is 14.4. The summed E-state index contributed by atoms with van der Waals surface area (Å²) in [5.74, 6) is 0.568. The molecule has 0 fully saturated rings. The molecule has 0 aliphatic carbocycles. The number of rotatable bonds is 4. The molecule has 4 heteroatoms. The molecule has 0 aromatic heterocycles. The molecule has 0 atom stereocenters. The average molecular weight is 344 g/mol. The molecule has 3 aromatic rings. The maximum Gasteiger partial charge on any atom is 0.417 e. The Morgan fingerprint density at radius 1 is 0.962 bits per heavy atom. The number of nitrogens with one attached hydrogen (secondary N) is 1. The topological polar surface area (TPSA) is 41.6 Å². The van der Waals surface area contributed by atoms with Crippen LogP contribution in [-0.4, -0.2) is 12.6 Å². The van der Waals surface area contributed by atoms with Crippen LogP contribution >= 0.6 is 0 Å². The van der Waals surface area contributed by atoms with Gasteiger partial charge >= 0.3 is 6.09 Å². The zero-order valence-electron chi connectivity index (χ0n) is 14.4. The molecular formula is C22H20N2O2. The lowest BCUT2D eigenvalue weighted by atomic mass is 10.1. The first-order valence-corrected chi connectivity index (χ1v) is 8.73. The van der Waals surface area contributed by atoms with Crippen LogP contribution in [-0.2, 0) is 13.0 Å². The van der Waals surface area contributed by atoms with E-state index in [1.54, 1.807) is 0 Å². The van der Waals surface area contributed by atoms with E-state index in [1.165, 1.54) is 16.8 Å². The van der Waals surface area contributed by atoms with Gasteiger partial charge in [0.1, 0.15) is 5.75 Å². The van der Waals surface area contributed by atoms with Crippen molar-refractivity contribution in [1.82, 2.24) is 0 Å². The third kappa shape index (κ3) is 3.70. The summed E-state index contributed by atoms with van der Waals surface area (Å²) in [5.41, 5.74) is 4.44. The largest absolute Gasteiger partial charge is 0.417 e. The minimum atomic E-state index is -0.477. The van der Waals surface area contributed by atoms with Crippen LogP contribution in [0.15, 0.2) is 78.9 Å². The number of hydrogen-bond donors (Lipinski definition) is 1. The van der Waals surface area contributed by atoms with Crippen molar-refractivity contribution in [3.05, 3.63) is 90.0 Å². The Kier molecular flexibility index (Phi) is 4.56. The fourth-order valence-electron chi connectivity index (χ4n) is 3.25. The van der Waals surface area contributed by atoms with E-state index in [2.05, 4.69) is 34.5 Å². The number of benzene rings is 3. The lowest BCUT2D eigenvalue weighted by Crippen LogP contribution is -2.19. The van der Waals surface area contributed by atoms with Crippen LogP contribution in [0.3, 0.4) is 0 Å². The van der Waals surface area contributed by atoms with E-state index in [4.69, 9.17) is 4.74 Å². The first kappa shape index (κ1) is 16.2. The van der Waals surface area contributed by atoms with Crippen molar-refractivity contribution >= 4 is 17.5 Å². The highest BCUT2D eigenvalue weighted by molar-refractivity contribution is 5.86. The van der Waals surface area contributed by atoms with Gasteiger partial charge in [0, 0.05) is 24.5 Å². The smallest absolute Gasteiger partial charge is 0.410 e. The minimum Gasteiger partial charge on any atom is -0.410 e. The summed E-state index contributed by atoms with van der Waals surface area (Å²) in [6.07, 6.45) is 0.481. The van der Waals surface area contributed by atoms with E-state index < -0.39 is 6.09 Å². The molecule has 0 spiro atoms. The van der Waals surface area contributed by atoms with Crippen LogP contribution in [0.5, 0.6) is 5.75 Å². The number of hydrogen-bond acceptors (Lipinski definition) is 3. The lowest BCUT2D eigenvalue weighted by molar-refractivity contribution is 0.215. The van der Waals surface area contributed by atoms with Gasteiger partial charge in [0.15, 0.2) is 0 Å². The fraction of sp³-hybridized carbons (Fsp3) is 0.136. The monoisotopic (exact) mass is 344 g/mol. The third-order valence-electron chi connectivity index (χ3n) is 4.49. The van der Waals surface area contributed by atoms with E-state index in [-0.39, 0.29) is 0 Å². The highest BCUT2D eigenvalue weighted by Crippen LogP contribution is 2.32. The Morgan fingerprint density at radius 2 is 1.69 bits per heavy atom. The van der Waals surface area contributed by atoms with Gasteiger partial charge in [0.2, 0.25) is 0 Å². The van der Waals surface area contributed by atoms with Gasteiger partial charge in [-0.15, -0.1) is 0 Å². The van der Waals surface area contributed by atoms with Gasteiger partial charge in [-0.25, -0.2) is 4.79 Å². The number of anilines is 2. The summed E-state index contributed by atoms with van der Waals surface area (Å²) in [6, 6.07) is 25.6. The quantitative estimate of drug-likeness (QED) is 0.735. The number of ether oxygens (including phenoxy) is 1. The normalized spacial score (nSPS) is 12.5. The Bertz CT molecular complexity index is 895. The molecule has 1 heterocycles. The van der Waals surface area contributed by atoms with Gasteiger partial charge in [-0.2, -0.15) is 0 Å². The van der Waals surface area contributed by atoms with Crippen LogP contribution in [0, 0.1) is 0 Å². The molecule has 3 aromatic carbocycles. The maximum atomic E-state index is 12.0. The summed E-state index contributed by atoms with van der Waals surface area (Å²) >= 11 is 0. The molecule has 4 rings (SSSR count). The summed E-state index contributed by atoms with van der Waals surface area (Å²) in [5, 5.41) is 2.73. The maximum absolute atomic E-state index is 12.0. The number of carbonyl (C=O) groups excluding carboxylic acids is 1. The van der Waals surface area contributed by atoms with Crippen LogP contribution in [0.2, 0.25) is 0 Å². The van der Waals surface area contributed by atoms with Crippen molar-refractivity contribution in [2.75, 3.05) is 16.8 Å². The summed E-state index contributed by atoms with van der Waals surface area (Å²) < 4.78 is 5.43. The van der Waals surface area contributed by atoms with E-state index in [0.29, 0.717) is 11.4 Å². The highest BCUT2D eigenvalue weighted by Gasteiger charge is 2.20. The average Bonchev–Trinajstić information content (AvgIpc) is 3.05. The highest BCUT2D eigenvalue weighted by atomic mass is 16.6. The van der Waals surface area contributed by atoms with Crippen molar-refractivity contribution in [1.29, 1.82) is 0 Å². The first-order valence-electron chi connectivity index (χ1n) is 8.73. The Balaban J connectivity index is 1.42. The van der Waals surface area contributed by atoms with Gasteiger partial charge in [-0.3, -0.25) is 5.32 Å². The molecule has 4 nitrogen and oxygen atoms in total. The molecule has 1 aliphatic rings. The van der Waals surface area contributed by atoms with Gasteiger partial charge < -0.3 is 9.64 Å². The lowest BCUT2D eigenvalue weighted by Gasteiger charge is -2.19. The van der Waals surface area contributed by atoms with Crippen LogP contribution in [0.4, 0.5) is 16.2 Å². The Morgan fingerprint density at radius 3 is 2.46 bits per heavy atom. The number of nitrogens with zero attached hydrogens (tertiary/aromatic N) is 1. The first-order chi connectivity index (χ1) is 12.8. The standard InChI is InChI=1S/C22H20N2O2/c25-22(23-19-9-5-2-6-10-19)26-20-11-12-21-18(15-20)13-14-24(21)16-17-7-3-1-4-8-17/h1-12,15H,13-14,16H2,(H,23,25). The molecule has 1 aliphatic heterocycles. The zero-order valence-corrected chi connectivity index (χ0v) is 14.4. The second-order valence-corrected chi connectivity index (χ2v) is 6.33. The van der Waals surface area contributed by atoms with Crippen molar-refractivity contribution in [3.63, 3.8) is 0 Å². The molecule has 0 unspecified atom stereocenters. The van der Waals surface area contributed by atoms with Gasteiger partial charge in [-0.05, 0) is 47.9 Å². The second kappa shape index (κ2) is 7.31. The molecule has 0 bridgehead atoms. The SMILES string of the molecule is O=C(Nc1ccccc1)Oc1ccc2c(c1)CCN2Cc1ccccc1. The van der Waals surface area contributed by atoms with E-state index in [0.717, 1.165) is 19.5 Å². The number of carbonyl (C=O) groups is 1. The molecular weight excluding hydrogens is 324 g/mol. The second-order valence-electron chi connectivity index (χ2n) is 6.33. The Hall–Kier alpha value is -3.27. The fourth-order valence-corrected chi connectivity index (χ4v) is 3.25. The van der Waals surface area contributed by atoms with Gasteiger partial charge in [0.05, 0.1) is 0 Å². The van der Waals surface area contributed by atoms with E-state index in [1.807, 2.05) is 54.6 Å². The summed E-state index contributed by atoms with van der Waals surface area (Å²) in [6.45, 7) is 1.87. The van der Waals surface area contributed by atoms with Crippen molar-refractivity contribution in [2.24, 2.45) is 0 Å². The van der Waals surface area contributed by atoms with Gasteiger partial charge in [0.25, 0.3) is 0 Å². The van der Waals surface area contributed by atoms with Crippen LogP contribution < -0.4 is 15.0 Å². The number of fused-ring (bicyclic) bond motifs is 1. The zero-order chi connectivity index (χ0) is 17.8. The van der Waals surface area contributed by atoms with Crippen molar-refractivity contribution in [3.8, 4) is 5.75 Å². The molecule has 1 N–H and O–H groups in total. The molecule has 0 saturated carbocycles. The molecule has 130 valence electrons. The van der Waals surface area contributed by atoms with Gasteiger partial charge in [-0.1, -0.05) is 48.5 Å². The molecule has 1 amide bonds. The van der Waals surface area contributed by atoms with Crippen molar-refractivity contribution in [2.45, 2.75) is 13.0 Å². The van der Waals surface area contributed by atoms with Crippen LogP contribution in [0.25, 0.3) is 0 Å². The third-order valence-corrected chi connectivity index (χ3v) is 4.49. The van der Waals surface area contributed by atoms with E-state index in [9.17, 15) is 4.79 Å². The minimum absolute atomic E-state index is 0.477.